The molecule has 0 unspecified atom stereocenters. The van der Waals surface area contributed by atoms with E-state index in [9.17, 15) is 9.18 Å². The van der Waals surface area contributed by atoms with Crippen LogP contribution in [0.4, 0.5) is 4.39 Å². The number of halogens is 2. The second kappa shape index (κ2) is 5.06. The van der Waals surface area contributed by atoms with Crippen LogP contribution in [0, 0.1) is 5.82 Å². The molecule has 0 aliphatic heterocycles. The number of H-pyrrole nitrogens is 1. The van der Waals surface area contributed by atoms with E-state index in [1.165, 1.54) is 6.07 Å². The van der Waals surface area contributed by atoms with Crippen LogP contribution in [0.25, 0.3) is 10.9 Å². The summed E-state index contributed by atoms with van der Waals surface area (Å²) in [4.78, 5) is 15.7. The molecule has 1 saturated carbocycles. The van der Waals surface area contributed by atoms with E-state index in [1.807, 2.05) is 24.3 Å². The maximum absolute atomic E-state index is 14.3. The fraction of sp³-hybridized carbons (Fsp3) is 0.167. The first kappa shape index (κ1) is 13.7. The molecular weight excluding hydrogens is 345 g/mol. The molecule has 1 heterocycles. The van der Waals surface area contributed by atoms with Crippen LogP contribution in [-0.2, 0) is 0 Å². The second-order valence-corrected chi connectivity index (χ2v) is 6.65. The highest BCUT2D eigenvalue weighted by molar-refractivity contribution is 9.10. The van der Waals surface area contributed by atoms with Crippen molar-refractivity contribution in [3.63, 3.8) is 0 Å². The molecule has 1 aliphatic rings. The topological polar surface area (TPSA) is 32.9 Å². The first-order valence-electron chi connectivity index (χ1n) is 7.24. The first-order chi connectivity index (χ1) is 10.6. The highest BCUT2D eigenvalue weighted by atomic mass is 79.9. The summed E-state index contributed by atoms with van der Waals surface area (Å²) >= 11 is 3.40. The quantitative estimate of drug-likeness (QED) is 0.643. The summed E-state index contributed by atoms with van der Waals surface area (Å²) in [5.41, 5.74) is 2.48. The number of carbonyl (C=O) groups excluding carboxylic acids is 1. The third-order valence-corrected chi connectivity index (χ3v) is 4.67. The lowest BCUT2D eigenvalue weighted by Gasteiger charge is -2.05. The number of hydrogen-bond acceptors (Lipinski definition) is 1. The Labute approximate surface area is 135 Å². The van der Waals surface area contributed by atoms with Crippen molar-refractivity contribution in [2.24, 2.45) is 0 Å². The lowest BCUT2D eigenvalue weighted by molar-refractivity contribution is 0.103. The lowest BCUT2D eigenvalue weighted by atomic mass is 9.99. The summed E-state index contributed by atoms with van der Waals surface area (Å²) in [7, 11) is 0. The van der Waals surface area contributed by atoms with E-state index < -0.39 is 5.82 Å². The number of carbonyl (C=O) groups is 1. The predicted molar refractivity (Wildman–Crippen MR) is 87.8 cm³/mol. The van der Waals surface area contributed by atoms with Crippen molar-refractivity contribution < 1.29 is 9.18 Å². The molecule has 0 saturated heterocycles. The predicted octanol–water partition coefficient (Wildman–Crippen LogP) is 5.18. The average molecular weight is 358 g/mol. The van der Waals surface area contributed by atoms with Crippen LogP contribution in [0.3, 0.4) is 0 Å². The van der Waals surface area contributed by atoms with Gasteiger partial charge in [0.15, 0.2) is 5.78 Å². The maximum atomic E-state index is 14.3. The van der Waals surface area contributed by atoms with Crippen LogP contribution in [0.5, 0.6) is 0 Å². The normalized spacial score (nSPS) is 14.5. The van der Waals surface area contributed by atoms with E-state index in [2.05, 4.69) is 20.9 Å². The highest BCUT2D eigenvalue weighted by Crippen LogP contribution is 2.40. The molecule has 0 spiro atoms. The van der Waals surface area contributed by atoms with E-state index >= 15 is 0 Å². The van der Waals surface area contributed by atoms with E-state index in [0.717, 1.165) is 33.8 Å². The highest BCUT2D eigenvalue weighted by Gasteiger charge is 2.25. The van der Waals surface area contributed by atoms with Crippen molar-refractivity contribution in [1.82, 2.24) is 4.98 Å². The van der Waals surface area contributed by atoms with Crippen molar-refractivity contribution >= 4 is 32.6 Å². The SMILES string of the molecule is O=C(c1ccc(C2CC2)cc1F)c1c[nH]c2ccc(Br)cc12. The van der Waals surface area contributed by atoms with Gasteiger partial charge in [0.05, 0.1) is 5.56 Å². The Morgan fingerprint density at radius 2 is 1.95 bits per heavy atom. The molecule has 1 aromatic heterocycles. The fourth-order valence-corrected chi connectivity index (χ4v) is 3.17. The number of fused-ring (bicyclic) bond motifs is 1. The Morgan fingerprint density at radius 3 is 2.68 bits per heavy atom. The van der Waals surface area contributed by atoms with Gasteiger partial charge in [0.2, 0.25) is 0 Å². The molecule has 3 aromatic rings. The third-order valence-electron chi connectivity index (χ3n) is 4.17. The van der Waals surface area contributed by atoms with Crippen molar-refractivity contribution in [2.45, 2.75) is 18.8 Å². The summed E-state index contributed by atoms with van der Waals surface area (Å²) in [5.74, 6) is -0.245. The van der Waals surface area contributed by atoms with Crippen LogP contribution < -0.4 is 0 Å². The Kier molecular flexibility index (Phi) is 3.15. The van der Waals surface area contributed by atoms with E-state index in [4.69, 9.17) is 0 Å². The van der Waals surface area contributed by atoms with E-state index in [1.54, 1.807) is 12.3 Å². The van der Waals surface area contributed by atoms with Crippen LogP contribution in [0.15, 0.2) is 47.1 Å². The summed E-state index contributed by atoms with van der Waals surface area (Å²) in [6.45, 7) is 0. The molecular formula is C18H13BrFNO. The van der Waals surface area contributed by atoms with Gasteiger partial charge in [0, 0.05) is 27.1 Å². The Bertz CT molecular complexity index is 895. The molecule has 0 bridgehead atoms. The molecule has 0 radical (unpaired) electrons. The summed E-state index contributed by atoms with van der Waals surface area (Å²) in [6, 6.07) is 10.7. The largest absolute Gasteiger partial charge is 0.360 e. The second-order valence-electron chi connectivity index (χ2n) is 5.73. The van der Waals surface area contributed by atoms with Gasteiger partial charge >= 0.3 is 0 Å². The number of nitrogens with one attached hydrogen (secondary N) is 1. The van der Waals surface area contributed by atoms with Crippen molar-refractivity contribution in [2.75, 3.05) is 0 Å². The van der Waals surface area contributed by atoms with Gasteiger partial charge < -0.3 is 4.98 Å². The smallest absolute Gasteiger partial charge is 0.198 e. The van der Waals surface area contributed by atoms with E-state index in [-0.39, 0.29) is 11.3 Å². The van der Waals surface area contributed by atoms with Crippen molar-refractivity contribution in [3.8, 4) is 0 Å². The maximum Gasteiger partial charge on any atom is 0.198 e. The van der Waals surface area contributed by atoms with E-state index in [0.29, 0.717) is 11.5 Å². The molecule has 1 aliphatic carbocycles. The van der Waals surface area contributed by atoms with Gasteiger partial charge in [-0.05, 0) is 54.7 Å². The number of aromatic amines is 1. The van der Waals surface area contributed by atoms with Crippen molar-refractivity contribution in [1.29, 1.82) is 0 Å². The minimum absolute atomic E-state index is 0.130. The minimum Gasteiger partial charge on any atom is -0.360 e. The van der Waals surface area contributed by atoms with Gasteiger partial charge in [-0.3, -0.25) is 4.79 Å². The molecule has 2 nitrogen and oxygen atoms in total. The zero-order chi connectivity index (χ0) is 15.3. The van der Waals surface area contributed by atoms with Crippen LogP contribution >= 0.6 is 15.9 Å². The Hall–Kier alpha value is -1.94. The lowest BCUT2D eigenvalue weighted by Crippen LogP contribution is -2.04. The van der Waals surface area contributed by atoms with Crippen LogP contribution in [-0.4, -0.2) is 10.8 Å². The molecule has 4 heteroatoms. The zero-order valence-corrected chi connectivity index (χ0v) is 13.3. The summed E-state index contributed by atoms with van der Waals surface area (Å²) in [5, 5.41) is 0.796. The summed E-state index contributed by atoms with van der Waals surface area (Å²) in [6.07, 6.45) is 3.88. The number of hydrogen-bond donors (Lipinski definition) is 1. The van der Waals surface area contributed by atoms with Gasteiger partial charge in [0.1, 0.15) is 5.82 Å². The number of ketones is 1. The zero-order valence-electron chi connectivity index (χ0n) is 11.7. The molecule has 1 fully saturated rings. The number of aromatic nitrogens is 1. The average Bonchev–Trinajstić information content (AvgIpc) is 3.27. The molecule has 0 atom stereocenters. The standard InChI is InChI=1S/C18H13BrFNO/c19-12-4-6-17-14(8-12)15(9-21-17)18(22)13-5-3-11(7-16(13)20)10-1-2-10/h3-10,21H,1-2H2. The molecule has 4 rings (SSSR count). The summed E-state index contributed by atoms with van der Waals surface area (Å²) < 4.78 is 15.2. The molecule has 22 heavy (non-hydrogen) atoms. The van der Waals surface area contributed by atoms with Gasteiger partial charge in [0.25, 0.3) is 0 Å². The molecule has 0 amide bonds. The molecule has 110 valence electrons. The fourth-order valence-electron chi connectivity index (χ4n) is 2.81. The molecule has 1 N–H and O–H groups in total. The first-order valence-corrected chi connectivity index (χ1v) is 8.03. The Morgan fingerprint density at radius 1 is 1.14 bits per heavy atom. The van der Waals surface area contributed by atoms with Gasteiger partial charge in [-0.25, -0.2) is 4.39 Å². The Balaban J connectivity index is 1.78. The molecule has 2 aromatic carbocycles. The van der Waals surface area contributed by atoms with Gasteiger partial charge in [-0.1, -0.05) is 22.0 Å². The van der Waals surface area contributed by atoms with Crippen molar-refractivity contribution in [3.05, 3.63) is 69.6 Å². The van der Waals surface area contributed by atoms with Gasteiger partial charge in [-0.2, -0.15) is 0 Å². The minimum atomic E-state index is -0.432. The third kappa shape index (κ3) is 2.28. The van der Waals surface area contributed by atoms with Crippen LogP contribution in [0.1, 0.15) is 40.2 Å². The number of rotatable bonds is 3. The van der Waals surface area contributed by atoms with Gasteiger partial charge in [-0.15, -0.1) is 0 Å². The monoisotopic (exact) mass is 357 g/mol. The van der Waals surface area contributed by atoms with Crippen LogP contribution in [0.2, 0.25) is 0 Å². The number of benzene rings is 2.